The van der Waals surface area contributed by atoms with Gasteiger partial charge < -0.3 is 4.90 Å². The van der Waals surface area contributed by atoms with Gasteiger partial charge >= 0.3 is 0 Å². The fourth-order valence-corrected chi connectivity index (χ4v) is 4.96. The van der Waals surface area contributed by atoms with Crippen LogP contribution in [-0.2, 0) is 10.0 Å². The Bertz CT molecular complexity index is 876. The fourth-order valence-electron chi connectivity index (χ4n) is 1.77. The highest BCUT2D eigenvalue weighted by Crippen LogP contribution is 2.35. The number of fused-ring (bicyclic) bond motifs is 1. The Morgan fingerprint density at radius 2 is 2.05 bits per heavy atom. The summed E-state index contributed by atoms with van der Waals surface area (Å²) in [6.45, 7) is 0. The van der Waals surface area contributed by atoms with Crippen molar-refractivity contribution < 1.29 is 13.2 Å². The lowest BCUT2D eigenvalue weighted by molar-refractivity contribution is 0.0997. The van der Waals surface area contributed by atoms with E-state index in [4.69, 9.17) is 5.14 Å². The summed E-state index contributed by atoms with van der Waals surface area (Å²) in [6.07, 6.45) is 3.17. The van der Waals surface area contributed by atoms with Crippen LogP contribution in [0.15, 0.2) is 28.7 Å². The van der Waals surface area contributed by atoms with E-state index in [1.165, 1.54) is 22.3 Å². The highest BCUT2D eigenvalue weighted by atomic mass is 32.2. The molecule has 0 aromatic carbocycles. The summed E-state index contributed by atoms with van der Waals surface area (Å²) in [5.74, 6) is -0.179. The van der Waals surface area contributed by atoms with Gasteiger partial charge in [0.25, 0.3) is 5.91 Å². The maximum absolute atomic E-state index is 12.3. The zero-order chi connectivity index (χ0) is 15.2. The molecule has 0 radical (unpaired) electrons. The number of thiophene rings is 2. The molecule has 3 aromatic heterocycles. The van der Waals surface area contributed by atoms with Gasteiger partial charge in [-0.25, -0.2) is 13.6 Å². The van der Waals surface area contributed by atoms with Gasteiger partial charge in [0.05, 0.1) is 16.8 Å². The third-order valence-corrected chi connectivity index (χ3v) is 6.55. The molecule has 0 atom stereocenters. The Balaban J connectivity index is 1.95. The van der Waals surface area contributed by atoms with Crippen LogP contribution in [0.5, 0.6) is 0 Å². The number of primary sulfonamides is 1. The van der Waals surface area contributed by atoms with Crippen LogP contribution in [0.1, 0.15) is 9.67 Å². The zero-order valence-electron chi connectivity index (χ0n) is 10.7. The smallest absolute Gasteiger partial charge is 0.268 e. The van der Waals surface area contributed by atoms with E-state index in [1.54, 1.807) is 25.5 Å². The van der Waals surface area contributed by atoms with Crippen LogP contribution in [-0.4, -0.2) is 31.6 Å². The first-order valence-electron chi connectivity index (χ1n) is 5.69. The van der Waals surface area contributed by atoms with Crippen molar-refractivity contribution in [3.63, 3.8) is 0 Å². The third-order valence-electron chi connectivity index (χ3n) is 2.85. The van der Waals surface area contributed by atoms with E-state index in [1.807, 2.05) is 0 Å². The second kappa shape index (κ2) is 4.91. The first kappa shape index (κ1) is 14.2. The maximum atomic E-state index is 12.3. The second-order valence-corrected chi connectivity index (χ2v) is 8.23. The van der Waals surface area contributed by atoms with Gasteiger partial charge in [0.2, 0.25) is 10.0 Å². The minimum absolute atomic E-state index is 0.103. The van der Waals surface area contributed by atoms with E-state index in [9.17, 15) is 13.2 Å². The number of carbonyl (C=O) groups excluding carboxylic acids is 1. The van der Waals surface area contributed by atoms with Crippen molar-refractivity contribution >= 4 is 53.7 Å². The number of nitrogens with one attached hydrogen (secondary N) is 1. The number of hydrogen-bond acceptors (Lipinski definition) is 6. The number of aromatic nitrogens is 2. The molecule has 0 saturated carbocycles. The molecule has 3 heterocycles. The summed E-state index contributed by atoms with van der Waals surface area (Å²) in [4.78, 5) is 14.3. The third kappa shape index (κ3) is 2.58. The molecule has 21 heavy (non-hydrogen) atoms. The monoisotopic (exact) mass is 342 g/mol. The van der Waals surface area contributed by atoms with Crippen molar-refractivity contribution in [1.82, 2.24) is 10.2 Å². The average molecular weight is 342 g/mol. The first-order chi connectivity index (χ1) is 9.86. The van der Waals surface area contributed by atoms with Crippen molar-refractivity contribution in [2.24, 2.45) is 5.14 Å². The number of H-pyrrole nitrogens is 1. The Hall–Kier alpha value is -1.75. The van der Waals surface area contributed by atoms with Crippen LogP contribution in [0, 0.1) is 0 Å². The van der Waals surface area contributed by atoms with Crippen LogP contribution in [0.4, 0.5) is 5.69 Å². The van der Waals surface area contributed by atoms with Crippen molar-refractivity contribution in [1.29, 1.82) is 0 Å². The number of carbonyl (C=O) groups is 1. The molecule has 0 bridgehead atoms. The number of rotatable bonds is 3. The van der Waals surface area contributed by atoms with E-state index < -0.39 is 10.0 Å². The summed E-state index contributed by atoms with van der Waals surface area (Å²) >= 11 is 2.30. The van der Waals surface area contributed by atoms with Crippen molar-refractivity contribution in [2.75, 3.05) is 11.9 Å². The number of hydrogen-bond donors (Lipinski definition) is 2. The molecule has 7 nitrogen and oxygen atoms in total. The van der Waals surface area contributed by atoms with Crippen LogP contribution in [0.25, 0.3) is 9.40 Å². The Morgan fingerprint density at radius 3 is 2.62 bits per heavy atom. The lowest BCUT2D eigenvalue weighted by Crippen LogP contribution is -2.24. The number of sulfonamides is 1. The number of nitrogens with two attached hydrogens (primary N) is 1. The fraction of sp³-hybridized carbons (Fsp3) is 0.0909. The Morgan fingerprint density at radius 1 is 1.33 bits per heavy atom. The molecule has 0 unspecified atom stereocenters. The quantitative estimate of drug-likeness (QED) is 0.753. The van der Waals surface area contributed by atoms with Gasteiger partial charge in [-0.3, -0.25) is 9.89 Å². The Kier molecular flexibility index (Phi) is 3.32. The minimum Gasteiger partial charge on any atom is -0.308 e. The van der Waals surface area contributed by atoms with E-state index in [0.29, 0.717) is 10.6 Å². The largest absolute Gasteiger partial charge is 0.308 e. The van der Waals surface area contributed by atoms with E-state index in [2.05, 4.69) is 10.2 Å². The molecule has 0 aliphatic heterocycles. The summed E-state index contributed by atoms with van der Waals surface area (Å²) in [5, 5.41) is 11.5. The molecule has 110 valence electrons. The van der Waals surface area contributed by atoms with Gasteiger partial charge in [0.15, 0.2) is 0 Å². The van der Waals surface area contributed by atoms with Crippen molar-refractivity contribution in [3.05, 3.63) is 29.4 Å². The average Bonchev–Trinajstić information content (AvgIpc) is 3.10. The zero-order valence-corrected chi connectivity index (χ0v) is 13.2. The van der Waals surface area contributed by atoms with E-state index >= 15 is 0 Å². The topological polar surface area (TPSA) is 109 Å². The molecule has 0 aliphatic carbocycles. The highest BCUT2D eigenvalue weighted by molar-refractivity contribution is 7.91. The van der Waals surface area contributed by atoms with Gasteiger partial charge in [-0.15, -0.1) is 22.7 Å². The van der Waals surface area contributed by atoms with Crippen molar-refractivity contribution in [3.8, 4) is 0 Å². The van der Waals surface area contributed by atoms with Crippen LogP contribution in [0.2, 0.25) is 0 Å². The summed E-state index contributed by atoms with van der Waals surface area (Å²) in [7, 11) is -2.05. The van der Waals surface area contributed by atoms with Gasteiger partial charge in [-0.1, -0.05) is 0 Å². The normalized spacial score (nSPS) is 11.9. The highest BCUT2D eigenvalue weighted by Gasteiger charge is 2.20. The van der Waals surface area contributed by atoms with E-state index in [-0.39, 0.29) is 10.1 Å². The molecule has 10 heteroatoms. The molecule has 3 aromatic rings. The molecule has 3 rings (SSSR count). The predicted molar refractivity (Wildman–Crippen MR) is 82.4 cm³/mol. The van der Waals surface area contributed by atoms with Crippen LogP contribution >= 0.6 is 22.7 Å². The van der Waals surface area contributed by atoms with Gasteiger partial charge in [0.1, 0.15) is 4.21 Å². The molecule has 0 fully saturated rings. The summed E-state index contributed by atoms with van der Waals surface area (Å²) in [6, 6.07) is 3.17. The van der Waals surface area contributed by atoms with E-state index in [0.717, 1.165) is 20.7 Å². The summed E-state index contributed by atoms with van der Waals surface area (Å²) < 4.78 is 24.1. The molecular weight excluding hydrogens is 332 g/mol. The number of nitrogens with zero attached hydrogens (tertiary/aromatic N) is 2. The first-order valence-corrected chi connectivity index (χ1v) is 8.87. The molecular formula is C11H10N4O3S3. The molecule has 0 saturated heterocycles. The van der Waals surface area contributed by atoms with Crippen molar-refractivity contribution in [2.45, 2.75) is 4.21 Å². The lowest BCUT2D eigenvalue weighted by Gasteiger charge is -2.12. The second-order valence-electron chi connectivity index (χ2n) is 4.27. The Labute approximate surface area is 128 Å². The number of anilines is 1. The molecule has 1 amide bonds. The number of amides is 1. The molecule has 3 N–H and O–H groups in total. The lowest BCUT2D eigenvalue weighted by atomic mass is 10.4. The van der Waals surface area contributed by atoms with Gasteiger partial charge in [-0.05, 0) is 12.1 Å². The summed E-state index contributed by atoms with van der Waals surface area (Å²) in [5.41, 5.74) is 0.655. The SMILES string of the molecule is CN(C(=O)c1cc2sc(S(N)(=O)=O)cc2s1)c1cn[nH]c1. The number of aromatic amines is 1. The van der Waals surface area contributed by atoms with Gasteiger partial charge in [0, 0.05) is 22.6 Å². The van der Waals surface area contributed by atoms with Gasteiger partial charge in [-0.2, -0.15) is 5.10 Å². The minimum atomic E-state index is -3.70. The molecule has 0 spiro atoms. The standard InChI is InChI=1S/C11H10N4O3S3/c1-15(6-4-13-14-5-6)11(16)9-2-7-8(19-9)3-10(20-7)21(12,17)18/h2-5H,1H3,(H,13,14)(H2,12,17,18). The van der Waals surface area contributed by atoms with Crippen LogP contribution < -0.4 is 10.0 Å². The molecule has 0 aliphatic rings. The maximum Gasteiger partial charge on any atom is 0.268 e. The predicted octanol–water partition coefficient (Wildman–Crippen LogP) is 1.61. The van der Waals surface area contributed by atoms with Crippen LogP contribution in [0.3, 0.4) is 0 Å².